The molecule has 0 radical (unpaired) electrons. The van der Waals surface area contributed by atoms with E-state index >= 15 is 0 Å². The highest BCUT2D eigenvalue weighted by Crippen LogP contribution is 2.20. The van der Waals surface area contributed by atoms with Crippen molar-refractivity contribution in [1.29, 1.82) is 0 Å². The van der Waals surface area contributed by atoms with Crippen molar-refractivity contribution in [2.75, 3.05) is 0 Å². The molecule has 0 aromatic heterocycles. The molecule has 21 heavy (non-hydrogen) atoms. The Morgan fingerprint density at radius 1 is 1.10 bits per heavy atom. The number of hydrogen-bond acceptors (Lipinski definition) is 1. The Labute approximate surface area is 129 Å². The van der Waals surface area contributed by atoms with Crippen LogP contribution in [0.15, 0.2) is 46.9 Å². The first-order valence-electron chi connectivity index (χ1n) is 6.37. The lowest BCUT2D eigenvalue weighted by atomic mass is 9.92. The van der Waals surface area contributed by atoms with Crippen molar-refractivity contribution in [3.05, 3.63) is 69.7 Å². The normalized spacial score (nSPS) is 12.1. The lowest BCUT2D eigenvalue weighted by Crippen LogP contribution is -2.20. The topological polar surface area (TPSA) is 37.3 Å². The largest absolute Gasteiger partial charge is 0.481 e. The number of carboxylic acid groups (broad SMARTS) is 1. The monoisotopic (exact) mass is 354 g/mol. The zero-order valence-corrected chi connectivity index (χ0v) is 12.6. The van der Waals surface area contributed by atoms with Crippen molar-refractivity contribution >= 4 is 21.9 Å². The van der Waals surface area contributed by atoms with Crippen molar-refractivity contribution in [2.45, 2.75) is 12.8 Å². The molecule has 2 aromatic carbocycles. The average molecular weight is 355 g/mol. The van der Waals surface area contributed by atoms with E-state index in [0.29, 0.717) is 0 Å². The first-order chi connectivity index (χ1) is 9.97. The maximum atomic E-state index is 13.6. The van der Waals surface area contributed by atoms with E-state index in [4.69, 9.17) is 0 Å². The highest BCUT2D eigenvalue weighted by Gasteiger charge is 2.21. The van der Waals surface area contributed by atoms with Crippen LogP contribution in [-0.2, 0) is 17.6 Å². The fourth-order valence-corrected chi connectivity index (χ4v) is 2.39. The van der Waals surface area contributed by atoms with Gasteiger partial charge in [-0.1, -0.05) is 40.2 Å². The molecule has 0 aliphatic carbocycles. The smallest absolute Gasteiger partial charge is 0.307 e. The molecule has 0 saturated carbocycles. The van der Waals surface area contributed by atoms with Gasteiger partial charge in [0.05, 0.1) is 5.92 Å². The highest BCUT2D eigenvalue weighted by atomic mass is 79.9. The predicted octanol–water partition coefficient (Wildman–Crippen LogP) is 4.21. The molecule has 2 aromatic rings. The molecule has 0 aliphatic heterocycles. The molecule has 0 fully saturated rings. The molecule has 2 rings (SSSR count). The van der Waals surface area contributed by atoms with Gasteiger partial charge in [0, 0.05) is 4.47 Å². The van der Waals surface area contributed by atoms with Crippen LogP contribution in [0.3, 0.4) is 0 Å². The van der Waals surface area contributed by atoms with Crippen LogP contribution in [0.25, 0.3) is 0 Å². The number of rotatable bonds is 5. The lowest BCUT2D eigenvalue weighted by molar-refractivity contribution is -0.141. The summed E-state index contributed by atoms with van der Waals surface area (Å²) in [6, 6.07) is 11.1. The van der Waals surface area contributed by atoms with Crippen molar-refractivity contribution in [3.8, 4) is 0 Å². The summed E-state index contributed by atoms with van der Waals surface area (Å²) in [6.07, 6.45) is 0.216. The van der Waals surface area contributed by atoms with Gasteiger partial charge in [0.25, 0.3) is 0 Å². The van der Waals surface area contributed by atoms with E-state index in [0.717, 1.165) is 16.1 Å². The number of aliphatic carboxylic acids is 1. The molecule has 5 heteroatoms. The summed E-state index contributed by atoms with van der Waals surface area (Å²) >= 11 is 3.30. The third-order valence-corrected chi connectivity index (χ3v) is 3.77. The Balaban J connectivity index is 2.18. The molecule has 0 bridgehead atoms. The maximum absolute atomic E-state index is 13.6. The van der Waals surface area contributed by atoms with Crippen LogP contribution < -0.4 is 0 Å². The average Bonchev–Trinajstić information content (AvgIpc) is 2.45. The van der Waals surface area contributed by atoms with Crippen LogP contribution >= 0.6 is 15.9 Å². The van der Waals surface area contributed by atoms with Gasteiger partial charge in [-0.25, -0.2) is 8.78 Å². The van der Waals surface area contributed by atoms with Gasteiger partial charge in [-0.3, -0.25) is 4.79 Å². The van der Waals surface area contributed by atoms with Crippen LogP contribution in [0.2, 0.25) is 0 Å². The Morgan fingerprint density at radius 3 is 2.38 bits per heavy atom. The second-order valence-corrected chi connectivity index (χ2v) is 5.70. The Kier molecular flexibility index (Phi) is 5.07. The third-order valence-electron chi connectivity index (χ3n) is 3.24. The fourth-order valence-electron chi connectivity index (χ4n) is 2.12. The van der Waals surface area contributed by atoms with Crippen molar-refractivity contribution in [2.24, 2.45) is 5.92 Å². The van der Waals surface area contributed by atoms with E-state index in [9.17, 15) is 18.7 Å². The molecule has 1 N–H and O–H groups in total. The minimum atomic E-state index is -1.03. The molecular formula is C16H13BrF2O2. The maximum Gasteiger partial charge on any atom is 0.307 e. The van der Waals surface area contributed by atoms with Gasteiger partial charge in [-0.15, -0.1) is 0 Å². The Bertz CT molecular complexity index is 641. The van der Waals surface area contributed by atoms with Gasteiger partial charge in [-0.2, -0.15) is 0 Å². The number of halogens is 3. The number of benzene rings is 2. The molecule has 1 unspecified atom stereocenters. The van der Waals surface area contributed by atoms with E-state index in [1.165, 1.54) is 12.1 Å². The summed E-state index contributed by atoms with van der Waals surface area (Å²) in [7, 11) is 0. The number of carbonyl (C=O) groups is 1. The minimum Gasteiger partial charge on any atom is -0.481 e. The molecule has 0 saturated heterocycles. The zero-order valence-electron chi connectivity index (χ0n) is 11.0. The molecule has 0 aliphatic rings. The molecule has 1 atom stereocenters. The van der Waals surface area contributed by atoms with Gasteiger partial charge in [0.1, 0.15) is 0 Å². The summed E-state index contributed by atoms with van der Waals surface area (Å²) in [5.41, 5.74) is 0.918. The summed E-state index contributed by atoms with van der Waals surface area (Å²) in [6.45, 7) is 0. The van der Waals surface area contributed by atoms with E-state index in [-0.39, 0.29) is 18.4 Å². The molecule has 110 valence electrons. The second-order valence-electron chi connectivity index (χ2n) is 4.78. The van der Waals surface area contributed by atoms with Crippen LogP contribution in [0.1, 0.15) is 11.1 Å². The lowest BCUT2D eigenvalue weighted by Gasteiger charge is -2.13. The third kappa shape index (κ3) is 4.11. The second kappa shape index (κ2) is 6.80. The Hall–Kier alpha value is -1.75. The minimum absolute atomic E-state index is 0.0466. The van der Waals surface area contributed by atoms with Crippen LogP contribution in [0.5, 0.6) is 0 Å². The van der Waals surface area contributed by atoms with Crippen LogP contribution in [-0.4, -0.2) is 11.1 Å². The molecule has 0 spiro atoms. The van der Waals surface area contributed by atoms with Crippen molar-refractivity contribution < 1.29 is 18.7 Å². The molecule has 0 amide bonds. The molecular weight excluding hydrogens is 342 g/mol. The summed E-state index contributed by atoms with van der Waals surface area (Å²) < 4.78 is 27.7. The van der Waals surface area contributed by atoms with Crippen molar-refractivity contribution in [1.82, 2.24) is 0 Å². The van der Waals surface area contributed by atoms with Gasteiger partial charge in [-0.05, 0) is 42.2 Å². The van der Waals surface area contributed by atoms with Crippen LogP contribution in [0.4, 0.5) is 8.78 Å². The Morgan fingerprint density at radius 2 is 1.76 bits per heavy atom. The van der Waals surface area contributed by atoms with Gasteiger partial charge >= 0.3 is 5.97 Å². The first kappa shape index (κ1) is 15.6. The first-order valence-corrected chi connectivity index (χ1v) is 7.17. The quantitative estimate of drug-likeness (QED) is 0.872. The summed E-state index contributed by atoms with van der Waals surface area (Å²) in [4.78, 5) is 11.3. The predicted molar refractivity (Wildman–Crippen MR) is 79.0 cm³/mol. The van der Waals surface area contributed by atoms with E-state index in [1.54, 1.807) is 0 Å². The number of carboxylic acids is 1. The van der Waals surface area contributed by atoms with E-state index in [2.05, 4.69) is 15.9 Å². The van der Waals surface area contributed by atoms with Gasteiger partial charge < -0.3 is 5.11 Å². The standard InChI is InChI=1S/C16H13BrF2O2/c17-13-6-4-10(5-7-13)8-12(16(20)21)9-11-2-1-3-14(18)15(11)19/h1-7,12H,8-9H2,(H,20,21). The summed E-state index contributed by atoms with van der Waals surface area (Å²) in [5, 5.41) is 9.29. The highest BCUT2D eigenvalue weighted by molar-refractivity contribution is 9.10. The van der Waals surface area contributed by atoms with E-state index < -0.39 is 23.5 Å². The molecule has 2 nitrogen and oxygen atoms in total. The molecule has 0 heterocycles. The SMILES string of the molecule is O=C(O)C(Cc1ccc(Br)cc1)Cc1cccc(F)c1F. The van der Waals surface area contributed by atoms with Crippen LogP contribution in [0, 0.1) is 17.6 Å². The van der Waals surface area contributed by atoms with Gasteiger partial charge in [0.15, 0.2) is 11.6 Å². The number of hydrogen-bond donors (Lipinski definition) is 1. The van der Waals surface area contributed by atoms with E-state index in [1.807, 2.05) is 24.3 Å². The van der Waals surface area contributed by atoms with Crippen molar-refractivity contribution in [3.63, 3.8) is 0 Å². The zero-order chi connectivity index (χ0) is 15.4. The summed E-state index contributed by atoms with van der Waals surface area (Å²) in [5.74, 6) is -3.76. The van der Waals surface area contributed by atoms with Gasteiger partial charge in [0.2, 0.25) is 0 Å². The fraction of sp³-hybridized carbons (Fsp3) is 0.188.